The summed E-state index contributed by atoms with van der Waals surface area (Å²) in [6.07, 6.45) is -1.54. The Labute approximate surface area is 203 Å². The number of ether oxygens (including phenoxy) is 1. The molecule has 0 aromatic carbocycles. The van der Waals surface area contributed by atoms with E-state index in [0.717, 1.165) is 0 Å². The smallest absolute Gasteiger partial charge is 0.187 e. The minimum atomic E-state index is -1.92. The second kappa shape index (κ2) is 10.8. The van der Waals surface area contributed by atoms with E-state index in [1.165, 1.54) is 0 Å². The first-order chi connectivity index (χ1) is 14.0. The molecule has 0 saturated carbocycles. The van der Waals surface area contributed by atoms with E-state index in [1.807, 2.05) is 0 Å². The van der Waals surface area contributed by atoms with Crippen LogP contribution in [0.15, 0.2) is 0 Å². The highest BCUT2D eigenvalue weighted by atomic mass is 28.4. The normalized spacial score (nSPS) is 28.8. The highest BCUT2D eigenvalue weighted by Gasteiger charge is 2.52. The standard InChI is InChI=1S/C21H52O6Si5/c1-28(2,3)22-16-17-18(24-29(4,5)6)19(25-30(7,8)9)20(26-31(10,11)12)21(23-17)27-32(13,14)15/h17-21H,16H2,1-15H3/t17-,18-,19+,20+,21+/m1/s1. The Bertz CT molecular complexity index is 586. The fourth-order valence-electron chi connectivity index (χ4n) is 3.41. The summed E-state index contributed by atoms with van der Waals surface area (Å²) in [5.41, 5.74) is 0. The minimum Gasteiger partial charge on any atom is -0.415 e. The molecule has 32 heavy (non-hydrogen) atoms. The van der Waals surface area contributed by atoms with E-state index < -0.39 is 47.9 Å². The Hall–Kier alpha value is 0.844. The van der Waals surface area contributed by atoms with Gasteiger partial charge in [0, 0.05) is 0 Å². The third-order valence-electron chi connectivity index (χ3n) is 4.21. The molecule has 5 atom stereocenters. The fourth-order valence-corrected chi connectivity index (χ4v) is 8.21. The van der Waals surface area contributed by atoms with E-state index in [2.05, 4.69) is 98.2 Å². The highest BCUT2D eigenvalue weighted by molar-refractivity contribution is 6.71. The summed E-state index contributed by atoms with van der Waals surface area (Å²) in [5.74, 6) is 0. The molecular formula is C21H52O6Si5. The van der Waals surface area contributed by atoms with Crippen molar-refractivity contribution in [2.45, 2.75) is 129 Å². The average molecular weight is 541 g/mol. The molecule has 0 N–H and O–H groups in total. The maximum absolute atomic E-state index is 6.85. The molecule has 0 aromatic rings. The number of rotatable bonds is 11. The first-order valence-electron chi connectivity index (χ1n) is 12.0. The van der Waals surface area contributed by atoms with Gasteiger partial charge in [0.25, 0.3) is 0 Å². The van der Waals surface area contributed by atoms with Crippen LogP contribution in [0.1, 0.15) is 0 Å². The van der Waals surface area contributed by atoms with Gasteiger partial charge < -0.3 is 26.9 Å². The van der Waals surface area contributed by atoms with Gasteiger partial charge in [0.2, 0.25) is 0 Å². The molecular weight excluding hydrogens is 489 g/mol. The summed E-state index contributed by atoms with van der Waals surface area (Å²) in [7, 11) is -9.37. The van der Waals surface area contributed by atoms with Crippen molar-refractivity contribution in [3.63, 3.8) is 0 Å². The fraction of sp³-hybridized carbons (Fsp3) is 1.00. The van der Waals surface area contributed by atoms with E-state index in [9.17, 15) is 0 Å². The van der Waals surface area contributed by atoms with E-state index in [-0.39, 0.29) is 24.4 Å². The minimum absolute atomic E-state index is 0.243. The van der Waals surface area contributed by atoms with Gasteiger partial charge in [-0.05, 0) is 98.2 Å². The van der Waals surface area contributed by atoms with Crippen LogP contribution in [-0.4, -0.2) is 78.9 Å². The van der Waals surface area contributed by atoms with Crippen molar-refractivity contribution >= 4 is 41.6 Å². The molecule has 1 heterocycles. The van der Waals surface area contributed by atoms with Crippen molar-refractivity contribution in [2.75, 3.05) is 6.61 Å². The molecule has 0 aliphatic carbocycles. The quantitative estimate of drug-likeness (QED) is 0.296. The molecule has 1 aliphatic heterocycles. The Morgan fingerprint density at radius 1 is 0.469 bits per heavy atom. The van der Waals surface area contributed by atoms with E-state index in [0.29, 0.717) is 6.61 Å². The number of hydrogen-bond acceptors (Lipinski definition) is 6. The molecule has 0 radical (unpaired) electrons. The second-order valence-electron chi connectivity index (χ2n) is 13.8. The molecule has 0 amide bonds. The van der Waals surface area contributed by atoms with Crippen LogP contribution in [0.4, 0.5) is 0 Å². The predicted molar refractivity (Wildman–Crippen MR) is 147 cm³/mol. The van der Waals surface area contributed by atoms with E-state index in [1.54, 1.807) is 0 Å². The first-order valence-corrected chi connectivity index (χ1v) is 29.0. The van der Waals surface area contributed by atoms with Gasteiger partial charge >= 0.3 is 0 Å². The summed E-state index contributed by atoms with van der Waals surface area (Å²) in [6.45, 7) is 33.6. The lowest BCUT2D eigenvalue weighted by Crippen LogP contribution is -2.67. The molecule has 1 aliphatic rings. The maximum atomic E-state index is 6.85. The topological polar surface area (TPSA) is 55.4 Å². The zero-order valence-electron chi connectivity index (χ0n) is 23.5. The van der Waals surface area contributed by atoms with Gasteiger partial charge in [-0.25, -0.2) is 0 Å². The molecule has 0 unspecified atom stereocenters. The predicted octanol–water partition coefficient (Wildman–Crippen LogP) is 6.07. The van der Waals surface area contributed by atoms with Crippen LogP contribution in [0.2, 0.25) is 98.2 Å². The van der Waals surface area contributed by atoms with Gasteiger partial charge in [-0.1, -0.05) is 0 Å². The molecule has 0 bridgehead atoms. The van der Waals surface area contributed by atoms with Crippen LogP contribution < -0.4 is 0 Å². The molecule has 1 saturated heterocycles. The SMILES string of the molecule is C[Si](C)(C)OC[C@H]1O[C@@H](O[Si](C)(C)C)[C@@H](O[Si](C)(C)C)[C@@H](O[Si](C)(C)C)[C@@H]1O[Si](C)(C)C. The highest BCUT2D eigenvalue weighted by Crippen LogP contribution is 2.35. The van der Waals surface area contributed by atoms with E-state index >= 15 is 0 Å². The lowest BCUT2D eigenvalue weighted by molar-refractivity contribution is -0.268. The monoisotopic (exact) mass is 540 g/mol. The summed E-state index contributed by atoms with van der Waals surface area (Å²) in [4.78, 5) is 0. The lowest BCUT2D eigenvalue weighted by atomic mass is 9.99. The Morgan fingerprint density at radius 2 is 0.844 bits per heavy atom. The van der Waals surface area contributed by atoms with Crippen molar-refractivity contribution in [1.29, 1.82) is 0 Å². The van der Waals surface area contributed by atoms with E-state index in [4.69, 9.17) is 26.9 Å². The van der Waals surface area contributed by atoms with Gasteiger partial charge in [-0.3, -0.25) is 0 Å². The van der Waals surface area contributed by atoms with Crippen LogP contribution in [0, 0.1) is 0 Å². The molecule has 0 aromatic heterocycles. The van der Waals surface area contributed by atoms with Crippen molar-refractivity contribution in [3.8, 4) is 0 Å². The van der Waals surface area contributed by atoms with Crippen LogP contribution in [-0.2, 0) is 26.9 Å². The number of hydrogen-bond donors (Lipinski definition) is 0. The second-order valence-corrected chi connectivity index (χ2v) is 36.1. The van der Waals surface area contributed by atoms with Crippen molar-refractivity contribution in [2.24, 2.45) is 0 Å². The first kappa shape index (κ1) is 30.9. The zero-order valence-corrected chi connectivity index (χ0v) is 28.5. The summed E-state index contributed by atoms with van der Waals surface area (Å²) in [6, 6.07) is 0. The average Bonchev–Trinajstić information content (AvgIpc) is 2.45. The van der Waals surface area contributed by atoms with Gasteiger partial charge in [0.05, 0.1) is 6.61 Å². The van der Waals surface area contributed by atoms with Crippen LogP contribution in [0.5, 0.6) is 0 Å². The Morgan fingerprint density at radius 3 is 1.22 bits per heavy atom. The van der Waals surface area contributed by atoms with Crippen molar-refractivity contribution < 1.29 is 26.9 Å². The van der Waals surface area contributed by atoms with Gasteiger partial charge in [0.1, 0.15) is 24.4 Å². The third kappa shape index (κ3) is 12.5. The van der Waals surface area contributed by atoms with Crippen LogP contribution >= 0.6 is 0 Å². The molecule has 6 nitrogen and oxygen atoms in total. The lowest BCUT2D eigenvalue weighted by Gasteiger charge is -2.51. The molecule has 0 spiro atoms. The van der Waals surface area contributed by atoms with Gasteiger partial charge in [-0.2, -0.15) is 0 Å². The maximum Gasteiger partial charge on any atom is 0.187 e. The van der Waals surface area contributed by atoms with Crippen LogP contribution in [0.25, 0.3) is 0 Å². The summed E-state index contributed by atoms with van der Waals surface area (Å²) >= 11 is 0. The Balaban J connectivity index is 3.50. The summed E-state index contributed by atoms with van der Waals surface area (Å²) < 4.78 is 39.9. The van der Waals surface area contributed by atoms with Crippen molar-refractivity contribution in [3.05, 3.63) is 0 Å². The largest absolute Gasteiger partial charge is 0.415 e. The molecule has 1 rings (SSSR count). The summed E-state index contributed by atoms with van der Waals surface area (Å²) in [5, 5.41) is 0. The molecule has 192 valence electrons. The molecule has 1 fully saturated rings. The zero-order chi connectivity index (χ0) is 25.3. The van der Waals surface area contributed by atoms with Gasteiger partial charge in [-0.15, -0.1) is 0 Å². The van der Waals surface area contributed by atoms with Gasteiger partial charge in [0.15, 0.2) is 47.9 Å². The van der Waals surface area contributed by atoms with Crippen molar-refractivity contribution in [1.82, 2.24) is 0 Å². The van der Waals surface area contributed by atoms with Crippen LogP contribution in [0.3, 0.4) is 0 Å². The Kier molecular flexibility index (Phi) is 10.5. The molecule has 11 heteroatoms. The third-order valence-corrected chi connectivity index (χ3v) is 9.12.